The van der Waals surface area contributed by atoms with Gasteiger partial charge in [0.1, 0.15) is 5.75 Å². The summed E-state index contributed by atoms with van der Waals surface area (Å²) < 4.78 is 0.816. The average molecular weight is 500 g/mol. The van der Waals surface area contributed by atoms with E-state index in [0.29, 0.717) is 28.2 Å². The maximum Gasteiger partial charge on any atom is 0.270 e. The molecule has 0 amide bonds. The monoisotopic (exact) mass is 499 g/mol. The van der Waals surface area contributed by atoms with Gasteiger partial charge in [-0.2, -0.15) is 0 Å². The molecule has 33 heavy (non-hydrogen) atoms. The smallest absolute Gasteiger partial charge is 0.270 e. The molecule has 0 bridgehead atoms. The first-order valence-corrected chi connectivity index (χ1v) is 10.8. The van der Waals surface area contributed by atoms with Crippen molar-refractivity contribution in [2.45, 2.75) is 0 Å². The molecule has 1 N–H and O–H groups in total. The highest BCUT2D eigenvalue weighted by Gasteiger charge is 2.13. The molecule has 162 valence electrons. The summed E-state index contributed by atoms with van der Waals surface area (Å²) in [6, 6.07) is 28.4. The lowest BCUT2D eigenvalue weighted by Gasteiger charge is -2.11. The lowest BCUT2D eigenvalue weighted by atomic mass is 10.0. The van der Waals surface area contributed by atoms with Crippen LogP contribution in [0, 0.1) is 10.1 Å². The number of para-hydroxylation sites is 2. The first-order chi connectivity index (χ1) is 16.0. The zero-order valence-electron chi connectivity index (χ0n) is 17.3. The van der Waals surface area contributed by atoms with Gasteiger partial charge in [0.15, 0.2) is 0 Å². The number of phenols is 1. The summed E-state index contributed by atoms with van der Waals surface area (Å²) in [7, 11) is 0. The Morgan fingerprint density at radius 3 is 2.36 bits per heavy atom. The van der Waals surface area contributed by atoms with Gasteiger partial charge in [0, 0.05) is 33.9 Å². The number of non-ortho nitro benzene ring substituents is 1. The molecule has 0 saturated heterocycles. The Hall–Kier alpha value is -4.10. The molecule has 0 unspecified atom stereocenters. The van der Waals surface area contributed by atoms with Crippen molar-refractivity contribution in [3.8, 4) is 5.75 Å². The van der Waals surface area contributed by atoms with Gasteiger partial charge in [-0.3, -0.25) is 15.1 Å². The summed E-state index contributed by atoms with van der Waals surface area (Å²) in [4.78, 5) is 20.0. The molecule has 0 aliphatic carbocycles. The number of nitro benzene ring substituents is 1. The van der Waals surface area contributed by atoms with Crippen molar-refractivity contribution in [2.75, 3.05) is 0 Å². The van der Waals surface area contributed by atoms with Crippen molar-refractivity contribution >= 4 is 44.9 Å². The number of hydrogen-bond acceptors (Lipinski definition) is 5. The van der Waals surface area contributed by atoms with Crippen molar-refractivity contribution in [3.05, 3.63) is 128 Å². The van der Waals surface area contributed by atoms with Crippen molar-refractivity contribution in [2.24, 2.45) is 9.98 Å². The van der Waals surface area contributed by atoms with Crippen LogP contribution in [0.4, 0.5) is 17.1 Å². The number of aliphatic imine (C=N–C) groups is 2. The number of halogens is 1. The van der Waals surface area contributed by atoms with E-state index in [1.807, 2.05) is 60.7 Å². The van der Waals surface area contributed by atoms with E-state index in [-0.39, 0.29) is 11.4 Å². The van der Waals surface area contributed by atoms with Crippen LogP contribution in [0.3, 0.4) is 0 Å². The molecule has 0 radical (unpaired) electrons. The second-order valence-corrected chi connectivity index (χ2v) is 8.00. The van der Waals surface area contributed by atoms with Gasteiger partial charge in [0.2, 0.25) is 0 Å². The summed E-state index contributed by atoms with van der Waals surface area (Å²) in [5, 5.41) is 21.6. The van der Waals surface area contributed by atoms with Crippen LogP contribution in [0.25, 0.3) is 0 Å². The standard InChI is InChI=1S/C26H18BrN3O3/c27-20-13-14-25(31)22(16-20)26(19-8-2-1-3-9-19)29-24-12-5-4-11-23(24)28-17-18-7-6-10-21(15-18)30(32)33/h1-17,31H. The summed E-state index contributed by atoms with van der Waals surface area (Å²) in [5.41, 5.74) is 3.80. The third-order valence-corrected chi connectivity index (χ3v) is 5.30. The molecule has 0 atom stereocenters. The van der Waals surface area contributed by atoms with Crippen molar-refractivity contribution in [1.29, 1.82) is 0 Å². The number of benzene rings is 4. The third kappa shape index (κ3) is 5.39. The summed E-state index contributed by atoms with van der Waals surface area (Å²) in [6.07, 6.45) is 1.57. The molecule has 6 nitrogen and oxygen atoms in total. The number of hydrogen-bond donors (Lipinski definition) is 1. The van der Waals surface area contributed by atoms with E-state index in [1.165, 1.54) is 12.1 Å². The second kappa shape index (κ2) is 10.0. The van der Waals surface area contributed by atoms with Gasteiger partial charge in [0.05, 0.1) is 22.0 Å². The molecular weight excluding hydrogens is 482 g/mol. The highest BCUT2D eigenvalue weighted by molar-refractivity contribution is 9.10. The van der Waals surface area contributed by atoms with Crippen molar-refractivity contribution in [3.63, 3.8) is 0 Å². The maximum absolute atomic E-state index is 11.0. The molecule has 0 aliphatic heterocycles. The van der Waals surface area contributed by atoms with E-state index in [0.717, 1.165) is 10.0 Å². The fourth-order valence-electron chi connectivity index (χ4n) is 3.23. The fourth-order valence-corrected chi connectivity index (χ4v) is 3.59. The van der Waals surface area contributed by atoms with E-state index >= 15 is 0 Å². The van der Waals surface area contributed by atoms with E-state index in [4.69, 9.17) is 4.99 Å². The van der Waals surface area contributed by atoms with E-state index in [2.05, 4.69) is 20.9 Å². The third-order valence-electron chi connectivity index (χ3n) is 4.81. The predicted octanol–water partition coefficient (Wildman–Crippen LogP) is 6.98. The van der Waals surface area contributed by atoms with Crippen molar-refractivity contribution in [1.82, 2.24) is 0 Å². The fraction of sp³-hybridized carbons (Fsp3) is 0. The molecule has 0 aromatic heterocycles. The van der Waals surface area contributed by atoms with Gasteiger partial charge in [-0.1, -0.05) is 70.5 Å². The first-order valence-electron chi connectivity index (χ1n) is 10.0. The number of nitrogens with zero attached hydrogens (tertiary/aromatic N) is 3. The van der Waals surface area contributed by atoms with Crippen LogP contribution in [0.2, 0.25) is 0 Å². The zero-order valence-corrected chi connectivity index (χ0v) is 18.9. The lowest BCUT2D eigenvalue weighted by Crippen LogP contribution is -2.03. The maximum atomic E-state index is 11.0. The largest absolute Gasteiger partial charge is 0.507 e. The molecular formula is C26H18BrN3O3. The van der Waals surface area contributed by atoms with Crippen LogP contribution < -0.4 is 0 Å². The van der Waals surface area contributed by atoms with Gasteiger partial charge < -0.3 is 5.11 Å². The van der Waals surface area contributed by atoms with Crippen molar-refractivity contribution < 1.29 is 10.0 Å². The molecule has 0 aliphatic rings. The van der Waals surface area contributed by atoms with Gasteiger partial charge in [0.25, 0.3) is 5.69 Å². The van der Waals surface area contributed by atoms with Crippen LogP contribution in [0.1, 0.15) is 16.7 Å². The quantitative estimate of drug-likeness (QED) is 0.176. The minimum absolute atomic E-state index is 0.00162. The summed E-state index contributed by atoms with van der Waals surface area (Å²) >= 11 is 3.47. The Labute approximate surface area is 198 Å². The molecule has 4 aromatic rings. The molecule has 4 rings (SSSR count). The summed E-state index contributed by atoms with van der Waals surface area (Å²) in [6.45, 7) is 0. The lowest BCUT2D eigenvalue weighted by molar-refractivity contribution is -0.384. The number of rotatable bonds is 6. The van der Waals surface area contributed by atoms with Gasteiger partial charge in [-0.15, -0.1) is 0 Å². The van der Waals surface area contributed by atoms with E-state index in [9.17, 15) is 15.2 Å². The SMILES string of the molecule is O=[N+]([O-])c1cccc(C=Nc2ccccc2N=C(c2ccccc2)c2cc(Br)ccc2O)c1. The van der Waals surface area contributed by atoms with E-state index in [1.54, 1.807) is 30.5 Å². The van der Waals surface area contributed by atoms with Crippen LogP contribution in [-0.2, 0) is 0 Å². The van der Waals surface area contributed by atoms with Gasteiger partial charge in [-0.25, -0.2) is 4.99 Å². The van der Waals surface area contributed by atoms with Crippen LogP contribution in [0.15, 0.2) is 112 Å². The zero-order chi connectivity index (χ0) is 23.2. The highest BCUT2D eigenvalue weighted by Crippen LogP contribution is 2.32. The molecule has 0 fully saturated rings. The summed E-state index contributed by atoms with van der Waals surface area (Å²) in [5.74, 6) is 0.110. The Kier molecular flexibility index (Phi) is 6.71. The first kappa shape index (κ1) is 22.1. The second-order valence-electron chi connectivity index (χ2n) is 7.09. The number of phenolic OH excluding ortho intramolecular Hbond substituents is 1. The van der Waals surface area contributed by atoms with Crippen LogP contribution in [-0.4, -0.2) is 22.0 Å². The Morgan fingerprint density at radius 1 is 0.879 bits per heavy atom. The molecule has 0 spiro atoms. The normalized spacial score (nSPS) is 11.6. The number of nitro groups is 1. The topological polar surface area (TPSA) is 88.1 Å². The average Bonchev–Trinajstić information content (AvgIpc) is 2.84. The van der Waals surface area contributed by atoms with Crippen LogP contribution >= 0.6 is 15.9 Å². The Bertz CT molecular complexity index is 1370. The minimum atomic E-state index is -0.438. The minimum Gasteiger partial charge on any atom is -0.507 e. The molecule has 4 aromatic carbocycles. The van der Waals surface area contributed by atoms with E-state index < -0.39 is 4.92 Å². The Morgan fingerprint density at radius 2 is 1.61 bits per heavy atom. The molecule has 0 saturated carbocycles. The Balaban J connectivity index is 1.80. The van der Waals surface area contributed by atoms with Gasteiger partial charge in [-0.05, 0) is 35.9 Å². The molecule has 0 heterocycles. The predicted molar refractivity (Wildman–Crippen MR) is 134 cm³/mol. The number of aromatic hydroxyl groups is 1. The highest BCUT2D eigenvalue weighted by atomic mass is 79.9. The molecule has 7 heteroatoms. The van der Waals surface area contributed by atoms with Crippen LogP contribution in [0.5, 0.6) is 5.75 Å². The van der Waals surface area contributed by atoms with Gasteiger partial charge >= 0.3 is 0 Å².